The molecule has 1 amide bonds. The summed E-state index contributed by atoms with van der Waals surface area (Å²) in [6.07, 6.45) is 3.42. The van der Waals surface area contributed by atoms with Gasteiger partial charge in [-0.25, -0.2) is 0 Å². The molecule has 1 N–H and O–H groups in total. The van der Waals surface area contributed by atoms with Crippen LogP contribution in [-0.4, -0.2) is 53.3 Å². The van der Waals surface area contributed by atoms with Gasteiger partial charge < -0.3 is 19.4 Å². The maximum Gasteiger partial charge on any atom is 0.273 e. The molecule has 1 saturated heterocycles. The number of nitrogens with zero attached hydrogens (tertiary/aromatic N) is 2. The number of nitro groups is 1. The first-order valence-corrected chi connectivity index (χ1v) is 8.45. The average molecular weight is 373 g/mol. The molecule has 0 aliphatic carbocycles. The third-order valence-corrected chi connectivity index (χ3v) is 4.35. The van der Waals surface area contributed by atoms with Crippen molar-refractivity contribution in [2.24, 2.45) is 0 Å². The first-order valence-electron chi connectivity index (χ1n) is 8.45. The van der Waals surface area contributed by atoms with Crippen LogP contribution in [0.3, 0.4) is 0 Å². The minimum atomic E-state index is -0.559. The number of carbonyl (C=O) groups excluding carboxylic acids is 2. The van der Waals surface area contributed by atoms with Gasteiger partial charge in [-0.15, -0.1) is 0 Å². The van der Waals surface area contributed by atoms with Crippen LogP contribution in [0.2, 0.25) is 0 Å². The predicted octanol–water partition coefficient (Wildman–Crippen LogP) is 2.43. The maximum absolute atomic E-state index is 12.3. The highest BCUT2D eigenvalue weighted by Gasteiger charge is 2.22. The zero-order valence-corrected chi connectivity index (χ0v) is 14.8. The Morgan fingerprint density at radius 2 is 1.96 bits per heavy atom. The summed E-state index contributed by atoms with van der Waals surface area (Å²) in [6, 6.07) is 5.39. The lowest BCUT2D eigenvalue weighted by Gasteiger charge is -2.13. The second kappa shape index (κ2) is 7.90. The van der Waals surface area contributed by atoms with Crippen LogP contribution < -0.4 is 9.47 Å². The lowest BCUT2D eigenvalue weighted by Crippen LogP contribution is -2.27. The minimum absolute atomic E-state index is 0.101. The number of amides is 1. The quantitative estimate of drug-likeness (QED) is 0.453. The molecule has 0 atom stereocenters. The molecule has 1 aliphatic heterocycles. The highest BCUT2D eigenvalue weighted by Crippen LogP contribution is 2.31. The highest BCUT2D eigenvalue weighted by atomic mass is 16.6. The smallest absolute Gasteiger partial charge is 0.273 e. The van der Waals surface area contributed by atoms with Gasteiger partial charge in [-0.1, -0.05) is 0 Å². The van der Waals surface area contributed by atoms with E-state index in [1.54, 1.807) is 4.90 Å². The van der Waals surface area contributed by atoms with E-state index in [1.807, 2.05) is 0 Å². The van der Waals surface area contributed by atoms with E-state index in [2.05, 4.69) is 4.98 Å². The van der Waals surface area contributed by atoms with Crippen LogP contribution in [0.4, 0.5) is 5.69 Å². The molecule has 1 aliphatic rings. The van der Waals surface area contributed by atoms with Gasteiger partial charge in [0, 0.05) is 30.9 Å². The van der Waals surface area contributed by atoms with Crippen molar-refractivity contribution < 1.29 is 24.0 Å². The Morgan fingerprint density at radius 3 is 2.63 bits per heavy atom. The number of hydrogen-bond donors (Lipinski definition) is 1. The van der Waals surface area contributed by atoms with Crippen molar-refractivity contribution in [1.82, 2.24) is 9.88 Å². The molecule has 1 fully saturated rings. The summed E-state index contributed by atoms with van der Waals surface area (Å²) < 4.78 is 10.5. The Bertz CT molecular complexity index is 870. The van der Waals surface area contributed by atoms with E-state index in [-0.39, 0.29) is 35.5 Å². The molecule has 9 heteroatoms. The van der Waals surface area contributed by atoms with Gasteiger partial charge in [0.1, 0.15) is 5.69 Å². The predicted molar refractivity (Wildman–Crippen MR) is 95.4 cm³/mol. The lowest BCUT2D eigenvalue weighted by atomic mass is 10.2. The summed E-state index contributed by atoms with van der Waals surface area (Å²) >= 11 is 0. The Labute approximate surface area is 155 Å². The number of Topliss-reactive ketones (excluding diaryl/α,β-unsaturated/α-hetero) is 1. The Hall–Kier alpha value is -3.36. The number of H-pyrrole nitrogens is 1. The number of ether oxygens (including phenoxy) is 2. The number of nitrogens with one attached hydrogen (secondary N) is 1. The topological polar surface area (TPSA) is 115 Å². The molecule has 1 aromatic carbocycles. The number of hydrogen-bond acceptors (Lipinski definition) is 6. The van der Waals surface area contributed by atoms with Crippen LogP contribution in [0, 0.1) is 10.1 Å². The molecule has 0 unspecified atom stereocenters. The fourth-order valence-electron chi connectivity index (χ4n) is 2.89. The monoisotopic (exact) mass is 373 g/mol. The molecule has 0 saturated carbocycles. The summed E-state index contributed by atoms with van der Waals surface area (Å²) in [4.78, 5) is 39.6. The summed E-state index contributed by atoms with van der Waals surface area (Å²) in [5.74, 6) is -0.107. The number of aromatic amines is 1. The number of non-ortho nitro benzene ring substituents is 1. The van der Waals surface area contributed by atoms with E-state index in [4.69, 9.17) is 9.47 Å². The normalized spacial score (nSPS) is 13.4. The number of methoxy groups -OCH3 is 1. The van der Waals surface area contributed by atoms with Crippen LogP contribution in [0.5, 0.6) is 11.5 Å². The lowest BCUT2D eigenvalue weighted by molar-refractivity contribution is -0.385. The third-order valence-electron chi connectivity index (χ3n) is 4.35. The van der Waals surface area contributed by atoms with Crippen molar-refractivity contribution in [2.45, 2.75) is 12.8 Å². The van der Waals surface area contributed by atoms with Crippen LogP contribution in [0.15, 0.2) is 30.5 Å². The molecule has 0 radical (unpaired) electrons. The summed E-state index contributed by atoms with van der Waals surface area (Å²) in [6.45, 7) is 1.10. The number of benzene rings is 1. The SMILES string of the molecule is COc1ccc([N+](=O)[O-])cc1OCC(=O)c1c[nH]c(C(=O)N2CCCC2)c1. The molecule has 0 spiro atoms. The van der Waals surface area contributed by atoms with Gasteiger partial charge in [-0.2, -0.15) is 0 Å². The molecule has 142 valence electrons. The molecule has 27 heavy (non-hydrogen) atoms. The van der Waals surface area contributed by atoms with E-state index in [0.717, 1.165) is 25.9 Å². The van der Waals surface area contributed by atoms with Crippen molar-refractivity contribution in [3.8, 4) is 11.5 Å². The number of nitro benzene ring substituents is 1. The zero-order chi connectivity index (χ0) is 19.4. The molecular weight excluding hydrogens is 354 g/mol. The summed E-state index contributed by atoms with van der Waals surface area (Å²) in [5, 5.41) is 10.9. The Kier molecular flexibility index (Phi) is 5.39. The van der Waals surface area contributed by atoms with E-state index < -0.39 is 4.92 Å². The van der Waals surface area contributed by atoms with Crippen molar-refractivity contribution >= 4 is 17.4 Å². The maximum atomic E-state index is 12.3. The molecule has 0 bridgehead atoms. The molecule has 9 nitrogen and oxygen atoms in total. The second-order valence-electron chi connectivity index (χ2n) is 6.11. The Morgan fingerprint density at radius 1 is 1.22 bits per heavy atom. The van der Waals surface area contributed by atoms with Crippen molar-refractivity contribution in [3.63, 3.8) is 0 Å². The number of rotatable bonds is 7. The van der Waals surface area contributed by atoms with E-state index >= 15 is 0 Å². The van der Waals surface area contributed by atoms with Crippen LogP contribution in [-0.2, 0) is 0 Å². The van der Waals surface area contributed by atoms with Crippen LogP contribution in [0.25, 0.3) is 0 Å². The largest absolute Gasteiger partial charge is 0.493 e. The number of ketones is 1. The standard InChI is InChI=1S/C18H19N3O6/c1-26-16-5-4-13(21(24)25)9-17(16)27-11-15(22)12-8-14(19-10-12)18(23)20-6-2-3-7-20/h4-5,8-10,19H,2-3,6-7,11H2,1H3. The van der Waals surface area contributed by atoms with Gasteiger partial charge in [0.05, 0.1) is 18.1 Å². The van der Waals surface area contributed by atoms with E-state index in [0.29, 0.717) is 11.3 Å². The van der Waals surface area contributed by atoms with E-state index in [1.165, 1.54) is 37.6 Å². The number of carbonyl (C=O) groups is 2. The number of likely N-dealkylation sites (tertiary alicyclic amines) is 1. The summed E-state index contributed by atoms with van der Waals surface area (Å²) in [7, 11) is 1.40. The van der Waals surface area contributed by atoms with Crippen molar-refractivity contribution in [1.29, 1.82) is 0 Å². The van der Waals surface area contributed by atoms with Crippen LogP contribution in [0.1, 0.15) is 33.7 Å². The molecule has 2 heterocycles. The van der Waals surface area contributed by atoms with Crippen LogP contribution >= 0.6 is 0 Å². The first kappa shape index (κ1) is 18.4. The fourth-order valence-corrected chi connectivity index (χ4v) is 2.89. The zero-order valence-electron chi connectivity index (χ0n) is 14.8. The fraction of sp³-hybridized carbons (Fsp3) is 0.333. The van der Waals surface area contributed by atoms with Gasteiger partial charge in [-0.3, -0.25) is 19.7 Å². The van der Waals surface area contributed by atoms with Gasteiger partial charge in [-0.05, 0) is 25.0 Å². The average Bonchev–Trinajstić information content (AvgIpc) is 3.37. The first-order chi connectivity index (χ1) is 13.0. The van der Waals surface area contributed by atoms with Gasteiger partial charge in [0.25, 0.3) is 11.6 Å². The second-order valence-corrected chi connectivity index (χ2v) is 6.11. The molecule has 1 aromatic heterocycles. The highest BCUT2D eigenvalue weighted by molar-refractivity contribution is 6.01. The third kappa shape index (κ3) is 4.08. The molecule has 2 aromatic rings. The number of aromatic nitrogens is 1. The van der Waals surface area contributed by atoms with Gasteiger partial charge >= 0.3 is 0 Å². The summed E-state index contributed by atoms with van der Waals surface area (Å²) in [5.41, 5.74) is 0.494. The molecular formula is C18H19N3O6. The van der Waals surface area contributed by atoms with E-state index in [9.17, 15) is 19.7 Å². The minimum Gasteiger partial charge on any atom is -0.493 e. The van der Waals surface area contributed by atoms with Gasteiger partial charge in [0.2, 0.25) is 5.78 Å². The Balaban J connectivity index is 1.67. The van der Waals surface area contributed by atoms with Gasteiger partial charge in [0.15, 0.2) is 18.1 Å². The molecule has 3 rings (SSSR count). The van der Waals surface area contributed by atoms with Crippen molar-refractivity contribution in [2.75, 3.05) is 26.8 Å². The van der Waals surface area contributed by atoms with Crippen molar-refractivity contribution in [3.05, 3.63) is 51.8 Å².